The van der Waals surface area contributed by atoms with Crippen molar-refractivity contribution in [1.29, 1.82) is 0 Å². The van der Waals surface area contributed by atoms with Crippen LogP contribution >= 0.6 is 0 Å². The van der Waals surface area contributed by atoms with Crippen molar-refractivity contribution in [2.24, 2.45) is 5.73 Å². The maximum absolute atomic E-state index is 6.04. The fraction of sp³-hybridized carbons (Fsp3) is 0.364. The van der Waals surface area contributed by atoms with Gasteiger partial charge in [-0.2, -0.15) is 5.10 Å². The SMILES string of the molecule is CC.CC1(N)C=CC=Cc2cn[nH]c21. The first-order chi connectivity index (χ1) is 6.70. The summed E-state index contributed by atoms with van der Waals surface area (Å²) >= 11 is 0. The molecule has 1 aliphatic rings. The molecular weight excluding hydrogens is 174 g/mol. The molecule has 3 N–H and O–H groups in total. The highest BCUT2D eigenvalue weighted by atomic mass is 15.1. The molecule has 1 aromatic rings. The molecule has 14 heavy (non-hydrogen) atoms. The molecule has 3 heteroatoms. The molecule has 0 radical (unpaired) electrons. The molecule has 1 heterocycles. The summed E-state index contributed by atoms with van der Waals surface area (Å²) in [5.41, 5.74) is 7.63. The largest absolute Gasteiger partial charge is 0.317 e. The summed E-state index contributed by atoms with van der Waals surface area (Å²) in [4.78, 5) is 0. The molecular formula is C11H17N3. The van der Waals surface area contributed by atoms with Gasteiger partial charge in [0.2, 0.25) is 0 Å². The van der Waals surface area contributed by atoms with Crippen molar-refractivity contribution < 1.29 is 0 Å². The summed E-state index contributed by atoms with van der Waals surface area (Å²) in [7, 11) is 0. The lowest BCUT2D eigenvalue weighted by molar-refractivity contribution is 0.604. The molecule has 1 unspecified atom stereocenters. The van der Waals surface area contributed by atoms with Crippen molar-refractivity contribution in [3.05, 3.63) is 35.7 Å². The summed E-state index contributed by atoms with van der Waals surface area (Å²) in [6.07, 6.45) is 9.64. The number of hydrogen-bond acceptors (Lipinski definition) is 2. The number of H-pyrrole nitrogens is 1. The van der Waals surface area contributed by atoms with Gasteiger partial charge in [0.25, 0.3) is 0 Å². The van der Waals surface area contributed by atoms with Gasteiger partial charge < -0.3 is 5.73 Å². The highest BCUT2D eigenvalue weighted by Crippen LogP contribution is 2.23. The van der Waals surface area contributed by atoms with Crippen molar-refractivity contribution in [1.82, 2.24) is 10.2 Å². The number of allylic oxidation sites excluding steroid dienone is 2. The predicted molar refractivity (Wildman–Crippen MR) is 59.6 cm³/mol. The number of fused-ring (bicyclic) bond motifs is 1. The van der Waals surface area contributed by atoms with Gasteiger partial charge in [-0.25, -0.2) is 0 Å². The Labute approximate surface area is 84.7 Å². The van der Waals surface area contributed by atoms with Crippen molar-refractivity contribution in [2.45, 2.75) is 26.3 Å². The Kier molecular flexibility index (Phi) is 3.25. The van der Waals surface area contributed by atoms with E-state index in [1.165, 1.54) is 0 Å². The molecule has 1 atom stereocenters. The third-order valence-electron chi connectivity index (χ3n) is 2.04. The van der Waals surface area contributed by atoms with Crippen LogP contribution in [-0.2, 0) is 5.54 Å². The fourth-order valence-corrected chi connectivity index (χ4v) is 1.35. The van der Waals surface area contributed by atoms with Gasteiger partial charge in [0.05, 0.1) is 17.4 Å². The Morgan fingerprint density at radius 3 is 2.79 bits per heavy atom. The van der Waals surface area contributed by atoms with E-state index in [0.29, 0.717) is 0 Å². The number of rotatable bonds is 0. The quantitative estimate of drug-likeness (QED) is 0.660. The molecule has 2 rings (SSSR count). The van der Waals surface area contributed by atoms with E-state index < -0.39 is 5.54 Å². The average Bonchev–Trinajstić information content (AvgIpc) is 2.60. The zero-order valence-corrected chi connectivity index (χ0v) is 8.91. The minimum absolute atomic E-state index is 0.435. The van der Waals surface area contributed by atoms with Crippen molar-refractivity contribution in [2.75, 3.05) is 0 Å². The molecule has 1 aromatic heterocycles. The highest BCUT2D eigenvalue weighted by Gasteiger charge is 2.22. The molecule has 1 aliphatic carbocycles. The van der Waals surface area contributed by atoms with Crippen molar-refractivity contribution >= 4 is 6.08 Å². The first-order valence-corrected chi connectivity index (χ1v) is 4.89. The topological polar surface area (TPSA) is 54.7 Å². The van der Waals surface area contributed by atoms with Crippen LogP contribution < -0.4 is 5.73 Å². The summed E-state index contributed by atoms with van der Waals surface area (Å²) < 4.78 is 0. The van der Waals surface area contributed by atoms with Gasteiger partial charge in [-0.3, -0.25) is 5.10 Å². The number of nitrogens with two attached hydrogens (primary N) is 1. The lowest BCUT2D eigenvalue weighted by Gasteiger charge is -2.18. The molecule has 0 aliphatic heterocycles. The monoisotopic (exact) mass is 191 g/mol. The van der Waals surface area contributed by atoms with Crippen LogP contribution in [0.4, 0.5) is 0 Å². The molecule has 0 spiro atoms. The van der Waals surface area contributed by atoms with Crippen LogP contribution in [0.15, 0.2) is 24.4 Å². The second-order valence-corrected chi connectivity index (χ2v) is 3.20. The maximum Gasteiger partial charge on any atom is 0.0743 e. The molecule has 0 aromatic carbocycles. The average molecular weight is 191 g/mol. The Balaban J connectivity index is 0.000000461. The second kappa shape index (κ2) is 4.24. The number of nitrogens with one attached hydrogen (secondary N) is 1. The summed E-state index contributed by atoms with van der Waals surface area (Å²) in [6.45, 7) is 5.95. The number of aromatic amines is 1. The summed E-state index contributed by atoms with van der Waals surface area (Å²) in [6, 6.07) is 0. The van der Waals surface area contributed by atoms with Crippen molar-refractivity contribution in [3.63, 3.8) is 0 Å². The van der Waals surface area contributed by atoms with E-state index in [2.05, 4.69) is 10.2 Å². The van der Waals surface area contributed by atoms with E-state index in [9.17, 15) is 0 Å². The minimum Gasteiger partial charge on any atom is -0.317 e. The number of nitrogens with zero attached hydrogens (tertiary/aromatic N) is 1. The Morgan fingerprint density at radius 2 is 2.07 bits per heavy atom. The van der Waals surface area contributed by atoms with Gasteiger partial charge in [0, 0.05) is 5.56 Å². The second-order valence-electron chi connectivity index (χ2n) is 3.20. The maximum atomic E-state index is 6.04. The van der Waals surface area contributed by atoms with Crippen LogP contribution in [0.25, 0.3) is 6.08 Å². The Bertz CT molecular complexity index is 345. The van der Waals surface area contributed by atoms with E-state index in [-0.39, 0.29) is 0 Å². The zero-order valence-electron chi connectivity index (χ0n) is 8.91. The van der Waals surface area contributed by atoms with Crippen LogP contribution in [0.1, 0.15) is 32.0 Å². The van der Waals surface area contributed by atoms with Crippen LogP contribution in [0.5, 0.6) is 0 Å². The Hall–Kier alpha value is -1.35. The first kappa shape index (κ1) is 10.7. The van der Waals surface area contributed by atoms with E-state index in [0.717, 1.165) is 11.3 Å². The van der Waals surface area contributed by atoms with Crippen molar-refractivity contribution in [3.8, 4) is 0 Å². The van der Waals surface area contributed by atoms with E-state index in [4.69, 9.17) is 5.73 Å². The van der Waals surface area contributed by atoms with Gasteiger partial charge in [0.15, 0.2) is 0 Å². The number of hydrogen-bond donors (Lipinski definition) is 2. The smallest absolute Gasteiger partial charge is 0.0743 e. The highest BCUT2D eigenvalue weighted by molar-refractivity contribution is 5.57. The first-order valence-electron chi connectivity index (χ1n) is 4.89. The van der Waals surface area contributed by atoms with E-state index in [1.54, 1.807) is 6.20 Å². The third-order valence-corrected chi connectivity index (χ3v) is 2.04. The van der Waals surface area contributed by atoms with Gasteiger partial charge >= 0.3 is 0 Å². The Morgan fingerprint density at radius 1 is 1.36 bits per heavy atom. The van der Waals surface area contributed by atoms with Gasteiger partial charge in [0.1, 0.15) is 0 Å². The molecule has 3 nitrogen and oxygen atoms in total. The number of aromatic nitrogens is 2. The summed E-state index contributed by atoms with van der Waals surface area (Å²) in [5, 5.41) is 6.86. The normalized spacial score (nSPS) is 23.4. The van der Waals surface area contributed by atoms with Crippen LogP contribution in [0.3, 0.4) is 0 Å². The van der Waals surface area contributed by atoms with Gasteiger partial charge in [-0.15, -0.1) is 0 Å². The lowest BCUT2D eigenvalue weighted by atomic mass is 9.97. The van der Waals surface area contributed by atoms with Crippen LogP contribution in [-0.4, -0.2) is 10.2 Å². The van der Waals surface area contributed by atoms with Crippen LogP contribution in [0.2, 0.25) is 0 Å². The molecule has 76 valence electrons. The fourth-order valence-electron chi connectivity index (χ4n) is 1.35. The lowest BCUT2D eigenvalue weighted by Crippen LogP contribution is -2.31. The predicted octanol–water partition coefficient (Wildman–Crippen LogP) is 2.19. The van der Waals surface area contributed by atoms with Gasteiger partial charge in [-0.05, 0) is 6.92 Å². The third kappa shape index (κ3) is 1.93. The zero-order chi connectivity index (χ0) is 10.6. The van der Waals surface area contributed by atoms with Gasteiger partial charge in [-0.1, -0.05) is 38.2 Å². The van der Waals surface area contributed by atoms with E-state index in [1.807, 2.05) is 45.1 Å². The molecule has 0 saturated carbocycles. The van der Waals surface area contributed by atoms with Crippen LogP contribution in [0, 0.1) is 0 Å². The molecule has 0 fully saturated rings. The molecule has 0 amide bonds. The minimum atomic E-state index is -0.435. The standard InChI is InChI=1S/C9H11N3.C2H6/c1-9(10)5-3-2-4-7-6-11-12-8(7)9;1-2/h2-6H,10H2,1H3,(H,11,12);1-2H3. The molecule has 0 saturated heterocycles. The molecule has 0 bridgehead atoms. The summed E-state index contributed by atoms with van der Waals surface area (Å²) in [5.74, 6) is 0. The van der Waals surface area contributed by atoms with E-state index >= 15 is 0 Å².